The second-order valence-electron chi connectivity index (χ2n) is 18.6. The number of anilines is 5. The van der Waals surface area contributed by atoms with E-state index in [0.717, 1.165) is 40.1 Å². The van der Waals surface area contributed by atoms with Gasteiger partial charge in [0.15, 0.2) is 0 Å². The number of aliphatic hydroxyl groups excluding tert-OH is 1. The number of aliphatic imine (C=N–C) groups is 2. The van der Waals surface area contributed by atoms with Gasteiger partial charge in [-0.2, -0.15) is 0 Å². The molecular weight excluding hydrogens is 1150 g/mol. The second-order valence-corrected chi connectivity index (χ2v) is 19.0. The van der Waals surface area contributed by atoms with Crippen molar-refractivity contribution < 1.29 is 67.4 Å². The van der Waals surface area contributed by atoms with Gasteiger partial charge < -0.3 is 57.1 Å². The minimum Gasteiger partial charge on any atom is -0.478 e. The van der Waals surface area contributed by atoms with Crippen molar-refractivity contribution in [3.8, 4) is 0 Å². The standard InChI is InChI=1S/C30H24FN3O2.C14H10FNO4.C8H11NO.C7H4ClFO2.C7H7NO2/c31-23-15-9-17-25(28(23)30-34-27(19-36-30)21-12-5-2-6-13-21)32-24-16-8-7-14-22(24)29-33-26(18-35-29)20-10-3-1-4-11-20;15-9-5-3-7-11(12(9)14(19)20)16-10-6-2-1-4-8(10)13(17)18;9-8(6-10)7-4-2-1-3-5-7;8-4-2-1-3-5(9)6(4)7(10)11;8-6-4-2-1-3-5(6)7(9)10/h1-17,26-27,32H,18-19H2;1-7,16H,(H,17,18)(H,19,20);1-5,8,10H,6,9H2;1-3H,(H,10,11);1-4H,8H2,(H,9,10)/t26-,27-;;8-;;/m0.0../s1. The molecule has 2 aliphatic heterocycles. The van der Waals surface area contributed by atoms with Crippen molar-refractivity contribution in [3.05, 3.63) is 291 Å². The number of hydrogen-bond donors (Lipinski definition) is 9. The molecule has 0 saturated carbocycles. The van der Waals surface area contributed by atoms with E-state index < -0.39 is 52.5 Å². The Kier molecular flexibility index (Phi) is 22.9. The van der Waals surface area contributed by atoms with Gasteiger partial charge in [-0.1, -0.05) is 157 Å². The number of carboxylic acid groups (broad SMARTS) is 4. The number of nitrogens with zero attached hydrogens (tertiary/aromatic N) is 2. The first-order valence-corrected chi connectivity index (χ1v) is 26.8. The lowest BCUT2D eigenvalue weighted by atomic mass is 10.1. The van der Waals surface area contributed by atoms with Gasteiger partial charge in [-0.25, -0.2) is 42.3 Å². The van der Waals surface area contributed by atoms with Crippen molar-refractivity contribution in [1.82, 2.24) is 0 Å². The summed E-state index contributed by atoms with van der Waals surface area (Å²) in [4.78, 5) is 52.3. The highest BCUT2D eigenvalue weighted by Gasteiger charge is 2.28. The third kappa shape index (κ3) is 17.4. The Balaban J connectivity index is 0.000000177. The number of hydrogen-bond acceptors (Lipinski definition) is 13. The van der Waals surface area contributed by atoms with E-state index in [-0.39, 0.29) is 52.3 Å². The molecule has 0 aromatic heterocycles. The summed E-state index contributed by atoms with van der Waals surface area (Å²) < 4.78 is 53.2. The van der Waals surface area contributed by atoms with Crippen LogP contribution < -0.4 is 22.1 Å². The Labute approximate surface area is 501 Å². The average Bonchev–Trinajstić information content (AvgIpc) is 2.29. The van der Waals surface area contributed by atoms with Crippen LogP contribution in [0.3, 0.4) is 0 Å². The normalized spacial score (nSPS) is 13.8. The monoisotopic (exact) mass is 1200 g/mol. The Hall–Kier alpha value is -10.8. The molecule has 2 aliphatic rings. The fraction of sp³-hybridized carbons (Fsp3) is 0.0909. The summed E-state index contributed by atoms with van der Waals surface area (Å²) in [6.45, 7) is 0.851. The van der Waals surface area contributed by atoms with Crippen LogP contribution in [0.1, 0.15) is 87.4 Å². The van der Waals surface area contributed by atoms with Crippen LogP contribution >= 0.6 is 11.6 Å². The SMILES string of the molecule is Fc1cccc(Nc2ccccc2C2=N[C@H](c3ccccc3)CO2)c1C1=N[C@H](c2ccccc2)CO1.N[C@@H](CO)c1ccccc1.Nc1ccccc1C(=O)O.O=C(O)c1c(F)cccc1Cl.O=C(O)c1ccccc1Nc1cccc(F)c1C(=O)O. The van der Waals surface area contributed by atoms with Gasteiger partial charge in [-0.3, -0.25) is 0 Å². The highest BCUT2D eigenvalue weighted by atomic mass is 35.5. The van der Waals surface area contributed by atoms with E-state index in [4.69, 9.17) is 68.1 Å². The molecule has 87 heavy (non-hydrogen) atoms. The van der Waals surface area contributed by atoms with Crippen LogP contribution in [0.2, 0.25) is 5.02 Å². The molecule has 0 fully saturated rings. The number of ether oxygens (including phenoxy) is 2. The number of halogens is 4. The lowest BCUT2D eigenvalue weighted by molar-refractivity contribution is 0.0681. The van der Waals surface area contributed by atoms with Crippen molar-refractivity contribution in [3.63, 3.8) is 0 Å². The summed E-state index contributed by atoms with van der Waals surface area (Å²) >= 11 is 5.40. The fourth-order valence-electron chi connectivity index (χ4n) is 8.46. The maximum Gasteiger partial charge on any atom is 0.340 e. The predicted octanol–water partition coefficient (Wildman–Crippen LogP) is 13.4. The van der Waals surface area contributed by atoms with Crippen molar-refractivity contribution in [1.29, 1.82) is 0 Å². The topological polar surface area (TPSA) is 289 Å². The number of nitrogens with one attached hydrogen (secondary N) is 2. The summed E-state index contributed by atoms with van der Waals surface area (Å²) in [5.74, 6) is -6.20. The third-order valence-electron chi connectivity index (χ3n) is 12.8. The van der Waals surface area contributed by atoms with Crippen molar-refractivity contribution in [2.75, 3.05) is 36.2 Å². The van der Waals surface area contributed by atoms with Crippen LogP contribution in [0.5, 0.6) is 0 Å². The molecule has 444 valence electrons. The molecule has 0 spiro atoms. The fourth-order valence-corrected chi connectivity index (χ4v) is 8.71. The Morgan fingerprint density at radius 1 is 0.494 bits per heavy atom. The van der Waals surface area contributed by atoms with Gasteiger partial charge in [0.1, 0.15) is 53.9 Å². The molecule has 21 heteroatoms. The van der Waals surface area contributed by atoms with Crippen LogP contribution in [0.4, 0.5) is 41.6 Å². The number of nitrogen functional groups attached to an aromatic ring is 1. The summed E-state index contributed by atoms with van der Waals surface area (Å²) in [5, 5.41) is 49.6. The molecule has 2 heterocycles. The van der Waals surface area contributed by atoms with Crippen LogP contribution in [-0.4, -0.2) is 81.0 Å². The third-order valence-corrected chi connectivity index (χ3v) is 13.1. The summed E-state index contributed by atoms with van der Waals surface area (Å²) in [6.07, 6.45) is 0. The van der Waals surface area contributed by atoms with E-state index >= 15 is 4.39 Å². The molecule has 0 saturated heterocycles. The molecule has 3 atom stereocenters. The van der Waals surface area contributed by atoms with Crippen LogP contribution in [0.25, 0.3) is 0 Å². The number of carboxylic acids is 4. The minimum absolute atomic E-state index is 0.00398. The first-order chi connectivity index (χ1) is 41.9. The number of benzene rings is 9. The number of carbonyl (C=O) groups is 4. The van der Waals surface area contributed by atoms with Gasteiger partial charge in [-0.05, 0) is 89.5 Å². The van der Waals surface area contributed by atoms with Gasteiger partial charge in [0.25, 0.3) is 0 Å². The van der Waals surface area contributed by atoms with Crippen LogP contribution in [0, 0.1) is 17.5 Å². The zero-order valence-electron chi connectivity index (χ0n) is 45.9. The minimum atomic E-state index is -1.43. The number of para-hydroxylation sites is 3. The molecule has 0 amide bonds. The second kappa shape index (κ2) is 31.2. The number of aliphatic hydroxyl groups is 1. The molecule has 17 nitrogen and oxygen atoms in total. The van der Waals surface area contributed by atoms with Crippen molar-refractivity contribution >= 4 is 75.7 Å². The van der Waals surface area contributed by atoms with E-state index in [2.05, 4.69) is 22.8 Å². The van der Waals surface area contributed by atoms with Crippen LogP contribution in [-0.2, 0) is 9.47 Å². The highest BCUT2D eigenvalue weighted by molar-refractivity contribution is 6.33. The number of rotatable bonds is 14. The molecule has 0 aliphatic carbocycles. The molecule has 9 aromatic rings. The number of aromatic carboxylic acids is 4. The molecular formula is C66H56ClF3N6O11. The maximum absolute atomic E-state index is 15.1. The molecule has 0 radical (unpaired) electrons. The first-order valence-electron chi connectivity index (χ1n) is 26.4. The first kappa shape index (κ1) is 63.8. The van der Waals surface area contributed by atoms with E-state index in [0.29, 0.717) is 41.9 Å². The van der Waals surface area contributed by atoms with Crippen molar-refractivity contribution in [2.45, 2.75) is 18.1 Å². The molecule has 9 aromatic carbocycles. The van der Waals surface area contributed by atoms with E-state index in [1.807, 2.05) is 109 Å². The Bertz CT molecular complexity index is 3880. The van der Waals surface area contributed by atoms with Crippen molar-refractivity contribution in [2.24, 2.45) is 15.7 Å². The average molecular weight is 1200 g/mol. The van der Waals surface area contributed by atoms with Gasteiger partial charge in [-0.15, -0.1) is 0 Å². The Morgan fingerprint density at radius 2 is 0.931 bits per heavy atom. The molecule has 11 rings (SSSR count). The zero-order chi connectivity index (χ0) is 62.4. The van der Waals surface area contributed by atoms with Gasteiger partial charge in [0.05, 0.1) is 62.7 Å². The van der Waals surface area contributed by atoms with Crippen LogP contribution in [0.15, 0.2) is 228 Å². The van der Waals surface area contributed by atoms with E-state index in [9.17, 15) is 28.0 Å². The summed E-state index contributed by atoms with van der Waals surface area (Å²) in [7, 11) is 0. The lowest BCUT2D eigenvalue weighted by Crippen LogP contribution is -2.13. The largest absolute Gasteiger partial charge is 0.478 e. The molecule has 11 N–H and O–H groups in total. The highest BCUT2D eigenvalue weighted by Crippen LogP contribution is 2.34. The lowest BCUT2D eigenvalue weighted by Gasteiger charge is -2.15. The number of nitrogens with two attached hydrogens (primary N) is 2. The van der Waals surface area contributed by atoms with E-state index in [1.54, 1.807) is 30.3 Å². The zero-order valence-corrected chi connectivity index (χ0v) is 46.6. The smallest absolute Gasteiger partial charge is 0.340 e. The Morgan fingerprint density at radius 3 is 1.46 bits per heavy atom. The van der Waals surface area contributed by atoms with Gasteiger partial charge in [0.2, 0.25) is 11.8 Å². The van der Waals surface area contributed by atoms with Gasteiger partial charge >= 0.3 is 23.9 Å². The predicted molar refractivity (Wildman–Crippen MR) is 326 cm³/mol. The van der Waals surface area contributed by atoms with E-state index in [1.165, 1.54) is 54.6 Å². The molecule has 0 unspecified atom stereocenters. The quantitative estimate of drug-likeness (QED) is 0.0458. The summed E-state index contributed by atoms with van der Waals surface area (Å²) in [5.41, 5.74) is 16.0. The summed E-state index contributed by atoms with van der Waals surface area (Å²) in [6, 6.07) is 61.5. The maximum atomic E-state index is 15.1. The molecule has 0 bridgehead atoms. The van der Waals surface area contributed by atoms with Gasteiger partial charge in [0, 0.05) is 5.69 Å².